The lowest BCUT2D eigenvalue weighted by molar-refractivity contribution is -0.111. The first kappa shape index (κ1) is 19.4. The molecule has 0 bridgehead atoms. The highest BCUT2D eigenvalue weighted by atomic mass is 32.1. The number of thiazole rings is 1. The monoisotopic (exact) mass is 404 g/mol. The molecular formula is C24H24N2O2S. The molecule has 1 N–H and O–H groups in total. The number of hydrogen-bond acceptors (Lipinski definition) is 4. The zero-order valence-electron chi connectivity index (χ0n) is 16.5. The van der Waals surface area contributed by atoms with Crippen molar-refractivity contribution in [2.45, 2.75) is 39.2 Å². The predicted octanol–water partition coefficient (Wildman–Crippen LogP) is 5.56. The Bertz CT molecular complexity index is 981. The standard InChI is InChI=1S/C24H24N2O2S/c1-17-6-8-19(9-7-17)16-28-20-13-10-18(11-14-20)12-15-23(27)26-24-25-21-4-2-3-5-22(21)29-24/h6-15H,2-5,16H2,1H3,(H,25,26,27)/b15-12+. The highest BCUT2D eigenvalue weighted by Gasteiger charge is 2.15. The molecule has 0 fully saturated rings. The first-order chi connectivity index (χ1) is 14.2. The van der Waals surface area contributed by atoms with Crippen LogP contribution in [0, 0.1) is 6.92 Å². The Morgan fingerprint density at radius 2 is 1.86 bits per heavy atom. The number of fused-ring (bicyclic) bond motifs is 1. The number of benzene rings is 2. The van der Waals surface area contributed by atoms with Gasteiger partial charge in [-0.15, -0.1) is 11.3 Å². The lowest BCUT2D eigenvalue weighted by Crippen LogP contribution is -2.07. The number of rotatable bonds is 6. The fraction of sp³-hybridized carbons (Fsp3) is 0.250. The fourth-order valence-electron chi connectivity index (χ4n) is 3.25. The molecule has 5 heteroatoms. The van der Waals surface area contributed by atoms with Crippen LogP contribution in [0.4, 0.5) is 5.13 Å². The average Bonchev–Trinajstić information content (AvgIpc) is 3.15. The van der Waals surface area contributed by atoms with E-state index >= 15 is 0 Å². The summed E-state index contributed by atoms with van der Waals surface area (Å²) in [5.41, 5.74) is 4.48. The van der Waals surface area contributed by atoms with Crippen molar-refractivity contribution in [3.05, 3.63) is 81.9 Å². The summed E-state index contributed by atoms with van der Waals surface area (Å²) in [5.74, 6) is 0.649. The molecule has 4 nitrogen and oxygen atoms in total. The van der Waals surface area contributed by atoms with Crippen LogP contribution in [0.1, 0.15) is 40.1 Å². The number of nitrogens with one attached hydrogen (secondary N) is 1. The lowest BCUT2D eigenvalue weighted by Gasteiger charge is -2.07. The van der Waals surface area contributed by atoms with Crippen molar-refractivity contribution < 1.29 is 9.53 Å². The second-order valence-corrected chi connectivity index (χ2v) is 8.35. The predicted molar refractivity (Wildman–Crippen MR) is 118 cm³/mol. The van der Waals surface area contributed by atoms with Crippen molar-refractivity contribution in [2.75, 3.05) is 5.32 Å². The molecule has 0 saturated carbocycles. The van der Waals surface area contributed by atoms with Gasteiger partial charge in [0.05, 0.1) is 5.69 Å². The maximum absolute atomic E-state index is 12.2. The van der Waals surface area contributed by atoms with Gasteiger partial charge in [0, 0.05) is 11.0 Å². The Labute approximate surface area is 175 Å². The molecule has 0 aliphatic heterocycles. The minimum atomic E-state index is -0.157. The molecule has 0 unspecified atom stereocenters. The smallest absolute Gasteiger partial charge is 0.250 e. The number of ether oxygens (including phenoxy) is 1. The molecule has 0 atom stereocenters. The molecule has 148 valence electrons. The van der Waals surface area contributed by atoms with Crippen LogP contribution in [0.2, 0.25) is 0 Å². The summed E-state index contributed by atoms with van der Waals surface area (Å²) in [7, 11) is 0. The third-order valence-electron chi connectivity index (χ3n) is 4.91. The molecule has 4 rings (SSSR count). The van der Waals surface area contributed by atoms with Crippen LogP contribution >= 0.6 is 11.3 Å². The van der Waals surface area contributed by atoms with Gasteiger partial charge in [0.25, 0.3) is 0 Å². The first-order valence-electron chi connectivity index (χ1n) is 9.92. The van der Waals surface area contributed by atoms with Crippen molar-refractivity contribution in [3.8, 4) is 5.75 Å². The van der Waals surface area contributed by atoms with E-state index in [-0.39, 0.29) is 5.91 Å². The lowest BCUT2D eigenvalue weighted by atomic mass is 10.0. The maximum atomic E-state index is 12.2. The van der Waals surface area contributed by atoms with E-state index in [0.29, 0.717) is 11.7 Å². The Morgan fingerprint density at radius 1 is 1.10 bits per heavy atom. The number of carbonyl (C=O) groups is 1. The van der Waals surface area contributed by atoms with Gasteiger partial charge in [-0.3, -0.25) is 10.1 Å². The van der Waals surface area contributed by atoms with E-state index in [1.54, 1.807) is 23.5 Å². The minimum Gasteiger partial charge on any atom is -0.489 e. The largest absolute Gasteiger partial charge is 0.489 e. The van der Waals surface area contributed by atoms with Gasteiger partial charge in [0.2, 0.25) is 5.91 Å². The zero-order chi connectivity index (χ0) is 20.1. The van der Waals surface area contributed by atoms with E-state index in [1.807, 2.05) is 24.3 Å². The maximum Gasteiger partial charge on any atom is 0.250 e. The van der Waals surface area contributed by atoms with Crippen LogP contribution in [-0.4, -0.2) is 10.9 Å². The van der Waals surface area contributed by atoms with Gasteiger partial charge < -0.3 is 4.74 Å². The normalized spacial score (nSPS) is 13.3. The number of amides is 1. The molecule has 1 amide bonds. The minimum absolute atomic E-state index is 0.157. The summed E-state index contributed by atoms with van der Waals surface area (Å²) < 4.78 is 5.82. The number of aryl methyl sites for hydroxylation is 3. The number of anilines is 1. The summed E-state index contributed by atoms with van der Waals surface area (Å²) in [6.07, 6.45) is 7.85. The Kier molecular flexibility index (Phi) is 6.06. The van der Waals surface area contributed by atoms with Crippen LogP contribution in [0.3, 0.4) is 0 Å². The SMILES string of the molecule is Cc1ccc(COc2ccc(/C=C/C(=O)Nc3nc4c(s3)CCCC4)cc2)cc1. The van der Waals surface area contributed by atoms with Crippen LogP contribution < -0.4 is 10.1 Å². The summed E-state index contributed by atoms with van der Waals surface area (Å²) in [4.78, 5) is 18.1. The van der Waals surface area contributed by atoms with Gasteiger partial charge in [-0.05, 0) is 61.9 Å². The molecule has 1 aliphatic rings. The average molecular weight is 405 g/mol. The highest BCUT2D eigenvalue weighted by molar-refractivity contribution is 7.15. The number of carbonyl (C=O) groups excluding carboxylic acids is 1. The van der Waals surface area contributed by atoms with E-state index < -0.39 is 0 Å². The summed E-state index contributed by atoms with van der Waals surface area (Å²) in [5, 5.41) is 3.58. The highest BCUT2D eigenvalue weighted by Crippen LogP contribution is 2.29. The van der Waals surface area contributed by atoms with E-state index in [1.165, 1.54) is 23.3 Å². The van der Waals surface area contributed by atoms with Gasteiger partial charge in [0.1, 0.15) is 12.4 Å². The van der Waals surface area contributed by atoms with Gasteiger partial charge in [0.15, 0.2) is 5.13 Å². The molecule has 0 saturated heterocycles. The van der Waals surface area contributed by atoms with Crippen molar-refractivity contribution >= 4 is 28.5 Å². The molecule has 3 aromatic rings. The Balaban J connectivity index is 1.29. The van der Waals surface area contributed by atoms with E-state index in [9.17, 15) is 4.79 Å². The van der Waals surface area contributed by atoms with Gasteiger partial charge in [-0.1, -0.05) is 42.0 Å². The quantitative estimate of drug-likeness (QED) is 0.547. The molecule has 29 heavy (non-hydrogen) atoms. The van der Waals surface area contributed by atoms with Crippen molar-refractivity contribution in [1.29, 1.82) is 0 Å². The Morgan fingerprint density at radius 3 is 2.62 bits per heavy atom. The third-order valence-corrected chi connectivity index (χ3v) is 5.98. The van der Waals surface area contributed by atoms with Crippen molar-refractivity contribution in [2.24, 2.45) is 0 Å². The molecule has 1 aliphatic carbocycles. The molecule has 0 spiro atoms. The van der Waals surface area contributed by atoms with Crippen LogP contribution in [-0.2, 0) is 24.2 Å². The molecule has 2 aromatic carbocycles. The second kappa shape index (κ2) is 9.05. The van der Waals surface area contributed by atoms with E-state index in [0.717, 1.165) is 35.4 Å². The van der Waals surface area contributed by atoms with Gasteiger partial charge >= 0.3 is 0 Å². The molecular weight excluding hydrogens is 380 g/mol. The van der Waals surface area contributed by atoms with Crippen LogP contribution in [0.25, 0.3) is 6.08 Å². The number of hydrogen-bond donors (Lipinski definition) is 1. The van der Waals surface area contributed by atoms with Crippen molar-refractivity contribution in [3.63, 3.8) is 0 Å². The van der Waals surface area contributed by atoms with Crippen molar-refractivity contribution in [1.82, 2.24) is 4.98 Å². The molecule has 1 aromatic heterocycles. The summed E-state index contributed by atoms with van der Waals surface area (Å²) >= 11 is 1.60. The first-order valence-corrected chi connectivity index (χ1v) is 10.7. The second-order valence-electron chi connectivity index (χ2n) is 7.26. The molecule has 0 radical (unpaired) electrons. The topological polar surface area (TPSA) is 51.2 Å². The summed E-state index contributed by atoms with van der Waals surface area (Å²) in [6, 6.07) is 16.0. The Hall–Kier alpha value is -2.92. The number of aromatic nitrogens is 1. The molecule has 1 heterocycles. The van der Waals surface area contributed by atoms with E-state index in [4.69, 9.17) is 4.74 Å². The third kappa shape index (κ3) is 5.33. The zero-order valence-corrected chi connectivity index (χ0v) is 17.3. The van der Waals surface area contributed by atoms with Crippen LogP contribution in [0.15, 0.2) is 54.6 Å². The van der Waals surface area contributed by atoms with Crippen LogP contribution in [0.5, 0.6) is 5.75 Å². The summed E-state index contributed by atoms with van der Waals surface area (Å²) in [6.45, 7) is 2.61. The van der Waals surface area contributed by atoms with Gasteiger partial charge in [-0.2, -0.15) is 0 Å². The fourth-order valence-corrected chi connectivity index (χ4v) is 4.30. The van der Waals surface area contributed by atoms with Gasteiger partial charge in [-0.25, -0.2) is 4.98 Å². The van der Waals surface area contributed by atoms with E-state index in [2.05, 4.69) is 41.5 Å². The number of nitrogens with zero attached hydrogens (tertiary/aromatic N) is 1.